The predicted octanol–water partition coefficient (Wildman–Crippen LogP) is 3.38. The Labute approximate surface area is 127 Å². The molecule has 0 aliphatic carbocycles. The summed E-state index contributed by atoms with van der Waals surface area (Å²) in [6.45, 7) is 8.94. The van der Waals surface area contributed by atoms with Gasteiger partial charge in [0.25, 0.3) is 0 Å². The van der Waals surface area contributed by atoms with E-state index in [1.54, 1.807) is 0 Å². The number of piperidine rings is 1. The Morgan fingerprint density at radius 1 is 1.24 bits per heavy atom. The Bertz CT molecular complexity index is 579. The Balaban J connectivity index is 1.65. The molecule has 21 heavy (non-hydrogen) atoms. The number of fused-ring (bicyclic) bond motifs is 1. The first-order valence-electron chi connectivity index (χ1n) is 8.26. The van der Waals surface area contributed by atoms with E-state index in [1.165, 1.54) is 48.1 Å². The largest absolute Gasteiger partial charge is 0.358 e. The summed E-state index contributed by atoms with van der Waals surface area (Å²) < 4.78 is 0. The van der Waals surface area contributed by atoms with Crippen LogP contribution in [0.5, 0.6) is 0 Å². The average Bonchev–Trinajstić information content (AvgIpc) is 2.94. The third-order valence-corrected chi connectivity index (χ3v) is 4.60. The predicted molar refractivity (Wildman–Crippen MR) is 89.7 cm³/mol. The quantitative estimate of drug-likeness (QED) is 0.788. The van der Waals surface area contributed by atoms with Crippen LogP contribution in [0.15, 0.2) is 24.3 Å². The van der Waals surface area contributed by atoms with E-state index in [1.807, 2.05) is 0 Å². The summed E-state index contributed by atoms with van der Waals surface area (Å²) in [5.74, 6) is 1.39. The van der Waals surface area contributed by atoms with Gasteiger partial charge < -0.3 is 15.6 Å². The van der Waals surface area contributed by atoms with Gasteiger partial charge in [-0.2, -0.15) is 0 Å². The van der Waals surface area contributed by atoms with Gasteiger partial charge >= 0.3 is 0 Å². The first-order valence-corrected chi connectivity index (χ1v) is 8.26. The van der Waals surface area contributed by atoms with Crippen LogP contribution >= 0.6 is 0 Å². The normalized spacial score (nSPS) is 16.9. The van der Waals surface area contributed by atoms with Crippen molar-refractivity contribution in [3.05, 3.63) is 35.5 Å². The van der Waals surface area contributed by atoms with Gasteiger partial charge in [0, 0.05) is 23.1 Å². The van der Waals surface area contributed by atoms with Crippen LogP contribution in [0.25, 0.3) is 10.9 Å². The van der Waals surface area contributed by atoms with Crippen LogP contribution in [-0.2, 0) is 6.54 Å². The van der Waals surface area contributed by atoms with Gasteiger partial charge in [-0.3, -0.25) is 0 Å². The first-order chi connectivity index (χ1) is 10.2. The maximum atomic E-state index is 3.66. The Morgan fingerprint density at radius 2 is 2.05 bits per heavy atom. The molecule has 0 amide bonds. The van der Waals surface area contributed by atoms with Crippen LogP contribution < -0.4 is 10.6 Å². The van der Waals surface area contributed by atoms with E-state index in [0.717, 1.165) is 19.0 Å². The highest BCUT2D eigenvalue weighted by molar-refractivity contribution is 5.84. The van der Waals surface area contributed by atoms with Crippen molar-refractivity contribution in [3.8, 4) is 0 Å². The van der Waals surface area contributed by atoms with Crippen LogP contribution in [0.2, 0.25) is 0 Å². The third-order valence-electron chi connectivity index (χ3n) is 4.60. The van der Waals surface area contributed by atoms with Crippen molar-refractivity contribution in [1.82, 2.24) is 15.6 Å². The molecule has 2 heterocycles. The first kappa shape index (κ1) is 14.6. The molecule has 0 bridgehead atoms. The van der Waals surface area contributed by atoms with Crippen molar-refractivity contribution in [3.63, 3.8) is 0 Å². The van der Waals surface area contributed by atoms with Crippen molar-refractivity contribution < 1.29 is 0 Å². The third kappa shape index (κ3) is 3.47. The number of nitrogens with one attached hydrogen (secondary N) is 3. The number of hydrogen-bond donors (Lipinski definition) is 3. The summed E-state index contributed by atoms with van der Waals surface area (Å²) in [5, 5.41) is 8.46. The maximum Gasteiger partial charge on any atom is 0.0459 e. The zero-order valence-corrected chi connectivity index (χ0v) is 13.2. The molecule has 0 saturated carbocycles. The molecule has 0 atom stereocenters. The van der Waals surface area contributed by atoms with Crippen LogP contribution in [0.1, 0.15) is 43.9 Å². The van der Waals surface area contributed by atoms with Gasteiger partial charge in [0.1, 0.15) is 0 Å². The molecule has 0 radical (unpaired) electrons. The molecule has 3 N–H and O–H groups in total. The molecule has 1 saturated heterocycles. The van der Waals surface area contributed by atoms with Gasteiger partial charge in [0.2, 0.25) is 0 Å². The molecule has 1 aliphatic heterocycles. The minimum atomic E-state index is 0.549. The lowest BCUT2D eigenvalue weighted by Gasteiger charge is -2.22. The lowest BCUT2D eigenvalue weighted by molar-refractivity contribution is 0.356. The standard InChI is InChI=1S/C18H27N3/c1-13(2)18-10-16-15(4-3-5-17(16)21-18)12-20-11-14-6-8-19-9-7-14/h3-5,10,13-14,19-21H,6-9,11-12H2,1-2H3. The lowest BCUT2D eigenvalue weighted by atomic mass is 9.98. The van der Waals surface area contributed by atoms with E-state index in [-0.39, 0.29) is 0 Å². The summed E-state index contributed by atoms with van der Waals surface area (Å²) in [6.07, 6.45) is 2.61. The summed E-state index contributed by atoms with van der Waals surface area (Å²) in [5.41, 5.74) is 4.00. The fraction of sp³-hybridized carbons (Fsp3) is 0.556. The van der Waals surface area contributed by atoms with Crippen LogP contribution in [0, 0.1) is 5.92 Å². The molecule has 2 aromatic rings. The lowest BCUT2D eigenvalue weighted by Crippen LogP contribution is -2.33. The molecule has 3 heteroatoms. The highest BCUT2D eigenvalue weighted by atomic mass is 14.9. The number of aromatic amines is 1. The second kappa shape index (κ2) is 6.63. The molecular weight excluding hydrogens is 258 g/mol. The smallest absolute Gasteiger partial charge is 0.0459 e. The van der Waals surface area contributed by atoms with Gasteiger partial charge in [-0.25, -0.2) is 0 Å². The average molecular weight is 285 g/mol. The van der Waals surface area contributed by atoms with Gasteiger partial charge in [0.05, 0.1) is 0 Å². The number of rotatable bonds is 5. The fourth-order valence-corrected chi connectivity index (χ4v) is 3.20. The number of H-pyrrole nitrogens is 1. The van der Waals surface area contributed by atoms with Gasteiger partial charge in [-0.05, 0) is 62.0 Å². The zero-order chi connectivity index (χ0) is 14.7. The van der Waals surface area contributed by atoms with Crippen molar-refractivity contribution in [2.75, 3.05) is 19.6 Å². The van der Waals surface area contributed by atoms with Gasteiger partial charge in [0.15, 0.2) is 0 Å². The number of hydrogen-bond acceptors (Lipinski definition) is 2. The Kier molecular flexibility index (Phi) is 4.61. The molecule has 3 rings (SSSR count). The number of aromatic nitrogens is 1. The SMILES string of the molecule is CC(C)c1cc2c(CNCC3CCNCC3)cccc2[nH]1. The molecule has 1 aliphatic rings. The Morgan fingerprint density at radius 3 is 2.81 bits per heavy atom. The monoisotopic (exact) mass is 285 g/mol. The van der Waals surface area contributed by atoms with E-state index in [4.69, 9.17) is 0 Å². The molecular formula is C18H27N3. The van der Waals surface area contributed by atoms with Crippen molar-refractivity contribution in [1.29, 1.82) is 0 Å². The van der Waals surface area contributed by atoms with E-state index < -0.39 is 0 Å². The van der Waals surface area contributed by atoms with Crippen molar-refractivity contribution in [2.45, 2.75) is 39.2 Å². The minimum absolute atomic E-state index is 0.549. The van der Waals surface area contributed by atoms with Crippen LogP contribution in [0.4, 0.5) is 0 Å². The van der Waals surface area contributed by atoms with Crippen LogP contribution in [0.3, 0.4) is 0 Å². The molecule has 3 nitrogen and oxygen atoms in total. The van der Waals surface area contributed by atoms with E-state index in [9.17, 15) is 0 Å². The molecule has 0 spiro atoms. The summed E-state index contributed by atoms with van der Waals surface area (Å²) in [4.78, 5) is 3.54. The highest BCUT2D eigenvalue weighted by Crippen LogP contribution is 2.24. The Hall–Kier alpha value is -1.32. The number of benzene rings is 1. The molecule has 1 aromatic carbocycles. The van der Waals surface area contributed by atoms with Crippen molar-refractivity contribution in [2.24, 2.45) is 5.92 Å². The molecule has 114 valence electrons. The van der Waals surface area contributed by atoms with Crippen molar-refractivity contribution >= 4 is 10.9 Å². The molecule has 0 unspecified atom stereocenters. The van der Waals surface area contributed by atoms with Gasteiger partial charge in [-0.1, -0.05) is 26.0 Å². The van der Waals surface area contributed by atoms with E-state index in [0.29, 0.717) is 5.92 Å². The fourth-order valence-electron chi connectivity index (χ4n) is 3.20. The topological polar surface area (TPSA) is 39.8 Å². The highest BCUT2D eigenvalue weighted by Gasteiger charge is 2.13. The molecule has 1 fully saturated rings. The molecule has 1 aromatic heterocycles. The van der Waals surface area contributed by atoms with E-state index in [2.05, 4.69) is 53.7 Å². The summed E-state index contributed by atoms with van der Waals surface area (Å²) in [6, 6.07) is 8.90. The second-order valence-electron chi connectivity index (χ2n) is 6.58. The van der Waals surface area contributed by atoms with Crippen LogP contribution in [-0.4, -0.2) is 24.6 Å². The summed E-state index contributed by atoms with van der Waals surface area (Å²) in [7, 11) is 0. The van der Waals surface area contributed by atoms with Gasteiger partial charge in [-0.15, -0.1) is 0 Å². The second-order valence-corrected chi connectivity index (χ2v) is 6.58. The zero-order valence-electron chi connectivity index (χ0n) is 13.2. The summed E-state index contributed by atoms with van der Waals surface area (Å²) >= 11 is 0. The minimum Gasteiger partial charge on any atom is -0.358 e. The van der Waals surface area contributed by atoms with E-state index >= 15 is 0 Å². The maximum absolute atomic E-state index is 3.66.